The largest absolute Gasteiger partial charge is 0.298 e. The van der Waals surface area contributed by atoms with Crippen LogP contribution in [-0.2, 0) is 0 Å². The van der Waals surface area contributed by atoms with E-state index in [9.17, 15) is 4.79 Å². The summed E-state index contributed by atoms with van der Waals surface area (Å²) in [6, 6.07) is 17.6. The zero-order valence-corrected chi connectivity index (χ0v) is 10.9. The van der Waals surface area contributed by atoms with Crippen LogP contribution in [0.1, 0.15) is 10.4 Å². The van der Waals surface area contributed by atoms with Crippen LogP contribution in [0, 0.1) is 0 Å². The van der Waals surface area contributed by atoms with Gasteiger partial charge in [0.05, 0.1) is 5.69 Å². The third kappa shape index (κ3) is 2.46. The minimum atomic E-state index is 0.683. The molecule has 0 amide bonds. The van der Waals surface area contributed by atoms with Crippen molar-refractivity contribution in [3.05, 3.63) is 65.5 Å². The Hall–Kier alpha value is -2.26. The van der Waals surface area contributed by atoms with Crippen molar-refractivity contribution < 1.29 is 4.79 Å². The molecule has 0 atom stereocenters. The highest BCUT2D eigenvalue weighted by molar-refractivity contribution is 7.13. The lowest BCUT2D eigenvalue weighted by molar-refractivity contribution is 0.112. The second kappa shape index (κ2) is 5.16. The summed E-state index contributed by atoms with van der Waals surface area (Å²) in [5, 5.41) is 3.05. The third-order valence-electron chi connectivity index (χ3n) is 2.87. The molecule has 0 unspecified atom stereocenters. The van der Waals surface area contributed by atoms with Crippen molar-refractivity contribution in [2.45, 2.75) is 0 Å². The number of nitrogens with zero attached hydrogens (tertiary/aromatic N) is 1. The van der Waals surface area contributed by atoms with Gasteiger partial charge in [0.15, 0.2) is 0 Å². The van der Waals surface area contributed by atoms with Gasteiger partial charge in [0.1, 0.15) is 11.3 Å². The highest BCUT2D eigenvalue weighted by atomic mass is 32.1. The van der Waals surface area contributed by atoms with E-state index < -0.39 is 0 Å². The second-order valence-corrected chi connectivity index (χ2v) is 5.00. The van der Waals surface area contributed by atoms with E-state index >= 15 is 0 Å². The summed E-state index contributed by atoms with van der Waals surface area (Å²) in [6.45, 7) is 0. The monoisotopic (exact) mass is 265 g/mol. The molecule has 3 rings (SSSR count). The predicted molar refractivity (Wildman–Crippen MR) is 78.4 cm³/mol. The molecular formula is C16H11NOS. The van der Waals surface area contributed by atoms with Gasteiger partial charge in [-0.1, -0.05) is 54.6 Å². The lowest BCUT2D eigenvalue weighted by atomic mass is 10.1. The molecule has 0 aliphatic rings. The molecule has 0 fully saturated rings. The number of carbonyl (C=O) groups is 1. The summed E-state index contributed by atoms with van der Waals surface area (Å²) in [4.78, 5) is 15.3. The normalized spacial score (nSPS) is 10.3. The fourth-order valence-corrected chi connectivity index (χ4v) is 2.69. The highest BCUT2D eigenvalue weighted by Gasteiger charge is 2.06. The first-order chi connectivity index (χ1) is 9.36. The summed E-state index contributed by atoms with van der Waals surface area (Å²) in [7, 11) is 0. The number of aromatic nitrogens is 1. The van der Waals surface area contributed by atoms with Crippen LogP contribution in [0.25, 0.3) is 21.8 Å². The topological polar surface area (TPSA) is 30.0 Å². The van der Waals surface area contributed by atoms with Crippen LogP contribution in [0.15, 0.2) is 60.0 Å². The van der Waals surface area contributed by atoms with Crippen molar-refractivity contribution in [3.8, 4) is 21.8 Å². The molecule has 0 aliphatic heterocycles. The fourth-order valence-electron chi connectivity index (χ4n) is 1.85. The van der Waals surface area contributed by atoms with Gasteiger partial charge in [-0.05, 0) is 0 Å². The van der Waals surface area contributed by atoms with Crippen LogP contribution in [-0.4, -0.2) is 11.3 Å². The molecule has 0 saturated carbocycles. The van der Waals surface area contributed by atoms with Crippen molar-refractivity contribution in [2.75, 3.05) is 0 Å². The zero-order chi connectivity index (χ0) is 13.1. The van der Waals surface area contributed by atoms with Gasteiger partial charge in [0.25, 0.3) is 0 Å². The van der Waals surface area contributed by atoms with Crippen molar-refractivity contribution in [2.24, 2.45) is 0 Å². The van der Waals surface area contributed by atoms with E-state index in [-0.39, 0.29) is 0 Å². The van der Waals surface area contributed by atoms with E-state index in [0.29, 0.717) is 5.56 Å². The van der Waals surface area contributed by atoms with Gasteiger partial charge in [-0.3, -0.25) is 4.79 Å². The van der Waals surface area contributed by atoms with Crippen LogP contribution in [0.4, 0.5) is 0 Å². The molecular weight excluding hydrogens is 254 g/mol. The number of hydrogen-bond donors (Lipinski definition) is 0. The summed E-state index contributed by atoms with van der Waals surface area (Å²) in [5.41, 5.74) is 3.79. The maximum atomic E-state index is 10.6. The van der Waals surface area contributed by atoms with Gasteiger partial charge in [-0.25, -0.2) is 4.98 Å². The van der Waals surface area contributed by atoms with Crippen LogP contribution < -0.4 is 0 Å². The molecule has 0 spiro atoms. The average molecular weight is 265 g/mol. The van der Waals surface area contributed by atoms with Crippen molar-refractivity contribution in [1.82, 2.24) is 4.98 Å². The lowest BCUT2D eigenvalue weighted by Gasteiger charge is -1.97. The van der Waals surface area contributed by atoms with Gasteiger partial charge in [0, 0.05) is 22.1 Å². The van der Waals surface area contributed by atoms with Crippen molar-refractivity contribution in [1.29, 1.82) is 0 Å². The van der Waals surface area contributed by atoms with Crippen molar-refractivity contribution in [3.63, 3.8) is 0 Å². The zero-order valence-electron chi connectivity index (χ0n) is 10.1. The molecule has 92 valence electrons. The van der Waals surface area contributed by atoms with Crippen LogP contribution in [0.2, 0.25) is 0 Å². The Morgan fingerprint density at radius 3 is 2.32 bits per heavy atom. The quantitative estimate of drug-likeness (QED) is 0.661. The number of rotatable bonds is 3. The summed E-state index contributed by atoms with van der Waals surface area (Å²) in [5.74, 6) is 0. The molecule has 19 heavy (non-hydrogen) atoms. The first kappa shape index (κ1) is 11.8. The van der Waals surface area contributed by atoms with Gasteiger partial charge in [-0.2, -0.15) is 0 Å². The van der Waals surface area contributed by atoms with E-state index in [2.05, 4.69) is 17.1 Å². The molecule has 2 aromatic carbocycles. The van der Waals surface area contributed by atoms with Gasteiger partial charge >= 0.3 is 0 Å². The van der Waals surface area contributed by atoms with Crippen LogP contribution in [0.5, 0.6) is 0 Å². The number of carbonyl (C=O) groups excluding carboxylic acids is 1. The molecule has 2 nitrogen and oxygen atoms in total. The first-order valence-electron chi connectivity index (χ1n) is 5.93. The summed E-state index contributed by atoms with van der Waals surface area (Å²) >= 11 is 1.63. The molecule has 1 heterocycles. The molecule has 3 aromatic rings. The Kier molecular flexibility index (Phi) is 3.21. The lowest BCUT2D eigenvalue weighted by Crippen LogP contribution is -1.82. The van der Waals surface area contributed by atoms with E-state index in [1.54, 1.807) is 11.3 Å². The van der Waals surface area contributed by atoms with Gasteiger partial charge in [-0.15, -0.1) is 11.3 Å². The maximum Gasteiger partial charge on any atom is 0.150 e. The third-order valence-corrected chi connectivity index (χ3v) is 3.76. The highest BCUT2D eigenvalue weighted by Crippen LogP contribution is 2.28. The molecule has 0 N–H and O–H groups in total. The van der Waals surface area contributed by atoms with Gasteiger partial charge in [0.2, 0.25) is 0 Å². The standard InChI is InChI=1S/C16H11NOS/c18-10-12-6-8-13(9-7-12)15-11-19-16(17-15)14-4-2-1-3-5-14/h1-11H. The number of benzene rings is 2. The SMILES string of the molecule is O=Cc1ccc(-c2csc(-c3ccccc3)n2)cc1. The Balaban J connectivity index is 1.94. The number of thiazole rings is 1. The average Bonchev–Trinajstić information content (AvgIpc) is 2.98. The molecule has 1 aromatic heterocycles. The predicted octanol–water partition coefficient (Wildman–Crippen LogP) is 4.29. The number of aldehydes is 1. The molecule has 0 radical (unpaired) electrons. The van der Waals surface area contributed by atoms with E-state index in [1.165, 1.54) is 0 Å². The Labute approximate surface area is 115 Å². The minimum Gasteiger partial charge on any atom is -0.298 e. The van der Waals surface area contributed by atoms with E-state index in [1.807, 2.05) is 47.8 Å². The van der Waals surface area contributed by atoms with E-state index in [4.69, 9.17) is 0 Å². The smallest absolute Gasteiger partial charge is 0.150 e. The molecule has 0 bridgehead atoms. The van der Waals surface area contributed by atoms with Gasteiger partial charge < -0.3 is 0 Å². The summed E-state index contributed by atoms with van der Waals surface area (Å²) in [6.07, 6.45) is 0.847. The fraction of sp³-hybridized carbons (Fsp3) is 0. The van der Waals surface area contributed by atoms with Crippen LogP contribution in [0.3, 0.4) is 0 Å². The minimum absolute atomic E-state index is 0.683. The van der Waals surface area contributed by atoms with E-state index in [0.717, 1.165) is 28.1 Å². The number of hydrogen-bond acceptors (Lipinski definition) is 3. The Morgan fingerprint density at radius 2 is 1.63 bits per heavy atom. The second-order valence-electron chi connectivity index (χ2n) is 4.14. The Morgan fingerprint density at radius 1 is 0.895 bits per heavy atom. The molecule has 0 saturated heterocycles. The first-order valence-corrected chi connectivity index (χ1v) is 6.81. The molecule has 0 aliphatic carbocycles. The summed E-state index contributed by atoms with van der Waals surface area (Å²) < 4.78 is 0. The maximum absolute atomic E-state index is 10.6. The van der Waals surface area contributed by atoms with Crippen LogP contribution >= 0.6 is 11.3 Å². The Bertz CT molecular complexity index is 686. The van der Waals surface area contributed by atoms with Crippen molar-refractivity contribution >= 4 is 17.6 Å². The molecule has 3 heteroatoms.